The number of carbonyl (C=O) groups is 1. The quantitative estimate of drug-likeness (QED) is 0.0273. The molecule has 6 unspecified atom stereocenters. The molecular weight excluding hydrogens is 892 g/mol. The second-order valence-corrected chi connectivity index (χ2v) is 19.9. The molecule has 6 atom stereocenters. The van der Waals surface area contributed by atoms with Crippen molar-refractivity contribution in [2.45, 2.75) is 152 Å². The third-order valence-electron chi connectivity index (χ3n) is 13.9. The predicted molar refractivity (Wildman–Crippen MR) is 274 cm³/mol. The number of carbonyl (C=O) groups excluding carboxylic acids is 1. The van der Waals surface area contributed by atoms with Crippen LogP contribution in [0.5, 0.6) is 11.5 Å². The highest BCUT2D eigenvalue weighted by Gasteiger charge is 2.65. The van der Waals surface area contributed by atoms with Crippen molar-refractivity contribution in [3.05, 3.63) is 114 Å². The summed E-state index contributed by atoms with van der Waals surface area (Å²) in [6.07, 6.45) is 20.0. The Bertz CT molecular complexity index is 2050. The van der Waals surface area contributed by atoms with E-state index in [4.69, 9.17) is 28.9 Å². The van der Waals surface area contributed by atoms with Gasteiger partial charge in [0, 0.05) is 48.3 Å². The molecule has 2 N–H and O–H groups in total. The number of oxime groups is 1. The van der Waals surface area contributed by atoms with Crippen molar-refractivity contribution in [2.75, 3.05) is 45.4 Å². The highest BCUT2D eigenvalue weighted by molar-refractivity contribution is 7.99. The fourth-order valence-electron chi connectivity index (χ4n) is 10.6. The number of aliphatic hydroxyl groups excluding tert-OH is 2. The summed E-state index contributed by atoms with van der Waals surface area (Å²) in [6.45, 7) is 9.76. The van der Waals surface area contributed by atoms with E-state index in [0.717, 1.165) is 73.1 Å². The summed E-state index contributed by atoms with van der Waals surface area (Å²) < 4.78 is 41.7. The number of unbranched alkanes of at least 4 members (excludes halogenated alkanes) is 11. The largest absolute Gasteiger partial charge is 0.493 e. The third-order valence-corrected chi connectivity index (χ3v) is 14.9. The number of hydrogen-bond acceptors (Lipinski definition) is 10. The fraction of sp³-hybridized carbons (Fsp3) is 0.579. The van der Waals surface area contributed by atoms with Crippen LogP contribution >= 0.6 is 11.8 Å². The molecule has 0 radical (unpaired) electrons. The normalized spacial score (nSPS) is 22.0. The van der Waals surface area contributed by atoms with Crippen LogP contribution in [-0.4, -0.2) is 84.1 Å². The van der Waals surface area contributed by atoms with E-state index in [-0.39, 0.29) is 63.0 Å². The van der Waals surface area contributed by atoms with Gasteiger partial charge in [-0.25, -0.2) is 9.18 Å². The molecule has 6 rings (SSSR count). The second-order valence-electron chi connectivity index (χ2n) is 18.8. The molecule has 0 aromatic heterocycles. The Morgan fingerprint density at radius 3 is 2.29 bits per heavy atom. The molecule has 3 aromatic carbocycles. The number of thioether (sulfide) groups is 1. The second kappa shape index (κ2) is 29.1. The van der Waals surface area contributed by atoms with E-state index in [1.807, 2.05) is 37.3 Å². The lowest BCUT2D eigenvalue weighted by atomic mass is 9.55. The molecule has 1 amide bonds. The average Bonchev–Trinajstić information content (AvgIpc) is 3.37. The highest BCUT2D eigenvalue weighted by Crippen LogP contribution is 2.62. The first-order chi connectivity index (χ1) is 33.9. The third kappa shape index (κ3) is 15.1. The number of nitrogens with zero attached hydrogens (tertiary/aromatic N) is 2. The van der Waals surface area contributed by atoms with E-state index in [9.17, 15) is 19.4 Å². The molecule has 1 fully saturated rings. The van der Waals surface area contributed by atoms with Crippen molar-refractivity contribution in [3.63, 3.8) is 0 Å². The Balaban J connectivity index is 1.41. The Morgan fingerprint density at radius 1 is 0.884 bits per heavy atom. The van der Waals surface area contributed by atoms with Gasteiger partial charge in [0.1, 0.15) is 30.0 Å². The summed E-state index contributed by atoms with van der Waals surface area (Å²) >= 11 is 1.75. The summed E-state index contributed by atoms with van der Waals surface area (Å²) in [5, 5.41) is 24.8. The van der Waals surface area contributed by atoms with Crippen molar-refractivity contribution in [3.8, 4) is 11.5 Å². The number of ether oxygens (including phenoxy) is 4. The molecule has 12 heteroatoms. The van der Waals surface area contributed by atoms with Gasteiger partial charge in [-0.2, -0.15) is 0 Å². The Morgan fingerprint density at radius 2 is 1.59 bits per heavy atom. The van der Waals surface area contributed by atoms with E-state index in [1.165, 1.54) is 62.0 Å². The summed E-state index contributed by atoms with van der Waals surface area (Å²) in [6, 6.07) is 21.8. The van der Waals surface area contributed by atoms with E-state index in [2.05, 4.69) is 37.8 Å². The molecule has 2 aliphatic carbocycles. The monoisotopic (exact) mass is 971 g/mol. The number of aliphatic hydroxyl groups is 2. The summed E-state index contributed by atoms with van der Waals surface area (Å²) in [5.74, 6) is -0.220. The van der Waals surface area contributed by atoms with Gasteiger partial charge in [0.2, 0.25) is 5.79 Å². The number of rotatable bonds is 32. The Hall–Kier alpha value is -4.36. The highest BCUT2D eigenvalue weighted by atomic mass is 32.2. The number of amides is 1. The lowest BCUT2D eigenvalue weighted by molar-refractivity contribution is -0.256. The zero-order valence-corrected chi connectivity index (χ0v) is 42.2. The lowest BCUT2D eigenvalue weighted by Gasteiger charge is -2.59. The first kappa shape index (κ1) is 54.0. The van der Waals surface area contributed by atoms with Crippen molar-refractivity contribution >= 4 is 23.6 Å². The van der Waals surface area contributed by atoms with Gasteiger partial charge in [-0.05, 0) is 104 Å². The van der Waals surface area contributed by atoms with Gasteiger partial charge in [-0.1, -0.05) is 125 Å². The van der Waals surface area contributed by atoms with Crippen LogP contribution in [0.15, 0.2) is 107 Å². The summed E-state index contributed by atoms with van der Waals surface area (Å²) in [7, 11) is 0. The van der Waals surface area contributed by atoms with Crippen LogP contribution in [0.25, 0.3) is 0 Å². The van der Waals surface area contributed by atoms with Gasteiger partial charge in [-0.15, -0.1) is 18.3 Å². The van der Waals surface area contributed by atoms with Crippen molar-refractivity contribution in [2.24, 2.45) is 22.9 Å². The zero-order valence-electron chi connectivity index (χ0n) is 41.4. The number of allylic oxidation sites excluding steroid dienone is 1. The maximum Gasteiger partial charge on any atom is 0.410 e. The molecule has 0 spiro atoms. The minimum absolute atomic E-state index is 0.0585. The van der Waals surface area contributed by atoms with Gasteiger partial charge in [0.05, 0.1) is 31.5 Å². The zero-order chi connectivity index (χ0) is 48.7. The van der Waals surface area contributed by atoms with Crippen LogP contribution < -0.4 is 9.47 Å². The van der Waals surface area contributed by atoms with Gasteiger partial charge in [-0.3, -0.25) is 4.90 Å². The van der Waals surface area contributed by atoms with Crippen LogP contribution in [0.3, 0.4) is 0 Å². The molecule has 378 valence electrons. The average molecular weight is 971 g/mol. The predicted octanol–water partition coefficient (Wildman–Crippen LogP) is 13.2. The van der Waals surface area contributed by atoms with Gasteiger partial charge >= 0.3 is 6.09 Å². The number of hydrogen-bond donors (Lipinski definition) is 2. The molecule has 0 bridgehead atoms. The summed E-state index contributed by atoms with van der Waals surface area (Å²) in [4.78, 5) is 23.7. The van der Waals surface area contributed by atoms with E-state index < -0.39 is 23.8 Å². The molecule has 0 saturated heterocycles. The van der Waals surface area contributed by atoms with E-state index >= 15 is 0 Å². The van der Waals surface area contributed by atoms with E-state index in [1.54, 1.807) is 34.9 Å². The molecule has 1 saturated carbocycles. The minimum Gasteiger partial charge on any atom is -0.493 e. The molecule has 69 heavy (non-hydrogen) atoms. The maximum atomic E-state index is 14.9. The maximum absolute atomic E-state index is 14.9. The topological polar surface area (TPSA) is 119 Å². The van der Waals surface area contributed by atoms with Gasteiger partial charge in [0.15, 0.2) is 0 Å². The smallest absolute Gasteiger partial charge is 0.410 e. The molecular formula is C57H79FN2O8S. The Labute approximate surface area is 416 Å². The van der Waals surface area contributed by atoms with E-state index in [0.29, 0.717) is 37.5 Å². The van der Waals surface area contributed by atoms with Crippen molar-refractivity contribution in [1.82, 2.24) is 4.90 Å². The fourth-order valence-corrected chi connectivity index (χ4v) is 11.4. The van der Waals surface area contributed by atoms with Crippen LogP contribution in [0.2, 0.25) is 0 Å². The molecule has 1 aliphatic heterocycles. The van der Waals surface area contributed by atoms with Crippen LogP contribution in [0.1, 0.15) is 140 Å². The first-order valence-electron chi connectivity index (χ1n) is 26.1. The standard InChI is InChI=1S/C57H79FN2O8S/c1-4-7-8-9-10-11-12-13-14-22-36-65-56(63)60(42-43-27-29-45(58)30-28-43)53-41-51(59-67-6-3)49-39-44(23-18-20-33-61)48(26-19-21-34-62)54-50-40-46(64-37-38-69-47-24-16-15-17-25-47)31-32-52(50)68-57(53,55(49)54)66-35-5-2/h5,15-17,24-25,27-32,39-40,44,48,53-55,61-62H,2,4,6-14,18-23,26,33-38,41-42H2,1,3H3. The Kier molecular flexibility index (Phi) is 22.8. The minimum atomic E-state index is -1.46. The number of benzene rings is 3. The van der Waals surface area contributed by atoms with Crippen LogP contribution in [-0.2, 0) is 20.9 Å². The summed E-state index contributed by atoms with van der Waals surface area (Å²) in [5.41, 5.74) is 3.38. The number of halogens is 1. The molecule has 3 aromatic rings. The van der Waals surface area contributed by atoms with Crippen molar-refractivity contribution in [1.29, 1.82) is 0 Å². The van der Waals surface area contributed by atoms with Crippen LogP contribution in [0.4, 0.5) is 9.18 Å². The lowest BCUT2D eigenvalue weighted by Crippen LogP contribution is -2.70. The molecule has 10 nitrogen and oxygen atoms in total. The SMILES string of the molecule is C=CCOC12Oc3ccc(OCCSc4ccccc4)cc3C3C(CCCCO)C(CCCCO)C=C(C(=NOCC)CC1N(Cc1ccc(F)cc1)C(=O)OCCCCCCCCCCCC)C32. The van der Waals surface area contributed by atoms with Gasteiger partial charge in [0.25, 0.3) is 0 Å². The van der Waals surface area contributed by atoms with Crippen molar-refractivity contribution < 1.29 is 43.2 Å². The first-order valence-corrected chi connectivity index (χ1v) is 27.0. The molecule has 1 heterocycles. The molecule has 3 aliphatic rings. The van der Waals surface area contributed by atoms with Crippen LogP contribution in [0, 0.1) is 23.6 Å². The number of fused-ring (bicyclic) bond motifs is 2. The van der Waals surface area contributed by atoms with Gasteiger partial charge < -0.3 is 34.0 Å².